The minimum atomic E-state index is -0.230. The van der Waals surface area contributed by atoms with E-state index >= 15 is 0 Å². The summed E-state index contributed by atoms with van der Waals surface area (Å²) in [5, 5.41) is 0.428. The van der Waals surface area contributed by atoms with Crippen LogP contribution in [0.5, 0.6) is 6.01 Å². The summed E-state index contributed by atoms with van der Waals surface area (Å²) in [6.07, 6.45) is 2.66. The van der Waals surface area contributed by atoms with Crippen molar-refractivity contribution < 1.29 is 9.53 Å². The summed E-state index contributed by atoms with van der Waals surface area (Å²) < 4.78 is 6.43. The van der Waals surface area contributed by atoms with Gasteiger partial charge in [-0.2, -0.15) is 4.98 Å². The van der Waals surface area contributed by atoms with E-state index in [0.717, 1.165) is 5.56 Å². The molecule has 6 heteroatoms. The third-order valence-corrected chi connectivity index (χ3v) is 3.95. The Bertz CT molecular complexity index is 821. The maximum absolute atomic E-state index is 12.6. The second-order valence-electron chi connectivity index (χ2n) is 6.25. The summed E-state index contributed by atoms with van der Waals surface area (Å²) in [4.78, 5) is 33.3. The van der Waals surface area contributed by atoms with Crippen LogP contribution < -0.4 is 10.3 Å². The first-order valence-electron chi connectivity index (χ1n) is 6.80. The Kier molecular flexibility index (Phi) is 2.86. The molecular weight excluding hydrogens is 270 g/mol. The van der Waals surface area contributed by atoms with Crippen LogP contribution in [0.1, 0.15) is 36.2 Å². The fraction of sp³-hybridized carbons (Fsp3) is 0.467. The number of hydrogen-bond donors (Lipinski definition) is 0. The highest BCUT2D eigenvalue weighted by molar-refractivity contribution is 6.02. The zero-order valence-electron chi connectivity index (χ0n) is 12.6. The highest BCUT2D eigenvalue weighted by atomic mass is 16.5. The standard InChI is InChI=1S/C15H17N3O3/c1-15(2)5-8-9(10(19)6-15)7-16-12-11(8)13(20)18(3)14(17-12)21-4/h7H,5-6H2,1-4H3. The van der Waals surface area contributed by atoms with Crippen LogP contribution in [0.2, 0.25) is 0 Å². The molecule has 110 valence electrons. The number of pyridine rings is 1. The minimum absolute atomic E-state index is 0.0357. The number of Topliss-reactive ketones (excluding diaryl/α,β-unsaturated/α-hetero) is 1. The molecule has 2 aromatic rings. The van der Waals surface area contributed by atoms with E-state index in [1.54, 1.807) is 7.05 Å². The van der Waals surface area contributed by atoms with Gasteiger partial charge in [0.05, 0.1) is 12.5 Å². The van der Waals surface area contributed by atoms with Crippen LogP contribution in [-0.2, 0) is 13.5 Å². The first-order valence-corrected chi connectivity index (χ1v) is 6.80. The van der Waals surface area contributed by atoms with Gasteiger partial charge in [0.15, 0.2) is 11.4 Å². The molecule has 0 fully saturated rings. The molecule has 0 radical (unpaired) electrons. The van der Waals surface area contributed by atoms with E-state index in [4.69, 9.17) is 4.74 Å². The van der Waals surface area contributed by atoms with Gasteiger partial charge < -0.3 is 4.74 Å². The quantitative estimate of drug-likeness (QED) is 0.794. The Labute approximate surface area is 121 Å². The molecule has 0 bridgehead atoms. The molecule has 3 rings (SSSR count). The highest BCUT2D eigenvalue weighted by Gasteiger charge is 2.33. The first kappa shape index (κ1) is 13.7. The van der Waals surface area contributed by atoms with Gasteiger partial charge in [0, 0.05) is 25.2 Å². The van der Waals surface area contributed by atoms with Gasteiger partial charge in [0.1, 0.15) is 0 Å². The summed E-state index contributed by atoms with van der Waals surface area (Å²) >= 11 is 0. The molecule has 0 aliphatic heterocycles. The third-order valence-electron chi connectivity index (χ3n) is 3.95. The molecule has 1 aliphatic carbocycles. The average Bonchev–Trinajstić information content (AvgIpc) is 2.40. The first-order chi connectivity index (χ1) is 9.84. The summed E-state index contributed by atoms with van der Waals surface area (Å²) in [5.41, 5.74) is 1.25. The van der Waals surface area contributed by atoms with Crippen molar-refractivity contribution in [3.05, 3.63) is 27.7 Å². The van der Waals surface area contributed by atoms with Crippen LogP contribution in [-0.4, -0.2) is 27.4 Å². The molecule has 21 heavy (non-hydrogen) atoms. The van der Waals surface area contributed by atoms with E-state index in [-0.39, 0.29) is 22.8 Å². The van der Waals surface area contributed by atoms with Crippen LogP contribution in [0.4, 0.5) is 0 Å². The molecule has 0 spiro atoms. The predicted octanol–water partition coefficient (Wildman–Crippen LogP) is 1.49. The molecule has 0 atom stereocenters. The molecule has 0 amide bonds. The van der Waals surface area contributed by atoms with Gasteiger partial charge in [0.2, 0.25) is 0 Å². The average molecular weight is 287 g/mol. The fourth-order valence-corrected chi connectivity index (χ4v) is 2.94. The van der Waals surface area contributed by atoms with Crippen molar-refractivity contribution in [2.45, 2.75) is 26.7 Å². The Morgan fingerprint density at radius 2 is 2.00 bits per heavy atom. The number of aromatic nitrogens is 3. The number of hydrogen-bond acceptors (Lipinski definition) is 5. The Morgan fingerprint density at radius 3 is 2.67 bits per heavy atom. The van der Waals surface area contributed by atoms with E-state index in [1.165, 1.54) is 17.9 Å². The van der Waals surface area contributed by atoms with E-state index in [1.807, 2.05) is 13.8 Å². The van der Waals surface area contributed by atoms with Gasteiger partial charge in [-0.1, -0.05) is 13.8 Å². The Hall–Kier alpha value is -2.24. The van der Waals surface area contributed by atoms with Crippen molar-refractivity contribution in [1.82, 2.24) is 14.5 Å². The molecule has 0 unspecified atom stereocenters. The topological polar surface area (TPSA) is 74.1 Å². The molecule has 0 saturated heterocycles. The van der Waals surface area contributed by atoms with Crippen molar-refractivity contribution in [2.24, 2.45) is 12.5 Å². The van der Waals surface area contributed by atoms with Crippen molar-refractivity contribution in [3.63, 3.8) is 0 Å². The Morgan fingerprint density at radius 1 is 1.29 bits per heavy atom. The number of carbonyl (C=O) groups is 1. The smallest absolute Gasteiger partial charge is 0.300 e. The molecule has 0 N–H and O–H groups in total. The van der Waals surface area contributed by atoms with E-state index < -0.39 is 0 Å². The number of ether oxygens (including phenoxy) is 1. The summed E-state index contributed by atoms with van der Waals surface area (Å²) in [6.45, 7) is 4.06. The molecule has 2 heterocycles. The molecule has 6 nitrogen and oxygen atoms in total. The van der Waals surface area contributed by atoms with Crippen LogP contribution in [0.15, 0.2) is 11.0 Å². The predicted molar refractivity (Wildman–Crippen MR) is 77.8 cm³/mol. The van der Waals surface area contributed by atoms with Gasteiger partial charge in [-0.3, -0.25) is 14.2 Å². The molecule has 1 aliphatic rings. The lowest BCUT2D eigenvalue weighted by molar-refractivity contribution is 0.0912. The number of carbonyl (C=O) groups excluding carboxylic acids is 1. The van der Waals surface area contributed by atoms with Gasteiger partial charge in [-0.25, -0.2) is 4.98 Å². The molecule has 2 aromatic heterocycles. The van der Waals surface area contributed by atoms with E-state index in [0.29, 0.717) is 29.4 Å². The summed E-state index contributed by atoms with van der Waals surface area (Å²) in [5.74, 6) is 0.0357. The van der Waals surface area contributed by atoms with Crippen LogP contribution in [0.25, 0.3) is 11.0 Å². The SMILES string of the molecule is COc1nc2ncc3c(c2c(=O)n1C)CC(C)(C)CC3=O. The Balaban J connectivity index is 2.41. The van der Waals surface area contributed by atoms with Crippen molar-refractivity contribution >= 4 is 16.8 Å². The molecular formula is C15H17N3O3. The largest absolute Gasteiger partial charge is 0.468 e. The van der Waals surface area contributed by atoms with Gasteiger partial charge in [-0.15, -0.1) is 0 Å². The maximum Gasteiger partial charge on any atom is 0.300 e. The lowest BCUT2D eigenvalue weighted by atomic mass is 9.73. The number of rotatable bonds is 1. The second-order valence-corrected chi connectivity index (χ2v) is 6.25. The van der Waals surface area contributed by atoms with Crippen molar-refractivity contribution in [3.8, 4) is 6.01 Å². The summed E-state index contributed by atoms with van der Waals surface area (Å²) in [7, 11) is 3.06. The van der Waals surface area contributed by atoms with Gasteiger partial charge in [0.25, 0.3) is 5.56 Å². The van der Waals surface area contributed by atoms with Crippen LogP contribution in [0, 0.1) is 5.41 Å². The minimum Gasteiger partial charge on any atom is -0.468 e. The van der Waals surface area contributed by atoms with E-state index in [9.17, 15) is 9.59 Å². The van der Waals surface area contributed by atoms with E-state index in [2.05, 4.69) is 9.97 Å². The number of nitrogens with zero attached hydrogens (tertiary/aromatic N) is 3. The van der Waals surface area contributed by atoms with Gasteiger partial charge in [-0.05, 0) is 17.4 Å². The normalized spacial score (nSPS) is 16.9. The van der Waals surface area contributed by atoms with Gasteiger partial charge >= 0.3 is 6.01 Å². The number of ketones is 1. The zero-order valence-corrected chi connectivity index (χ0v) is 12.6. The van der Waals surface area contributed by atoms with Crippen molar-refractivity contribution in [1.29, 1.82) is 0 Å². The van der Waals surface area contributed by atoms with Crippen LogP contribution in [0.3, 0.4) is 0 Å². The zero-order chi connectivity index (χ0) is 15.4. The number of methoxy groups -OCH3 is 1. The second kappa shape index (κ2) is 4.38. The lowest BCUT2D eigenvalue weighted by Crippen LogP contribution is -2.30. The van der Waals surface area contributed by atoms with Crippen molar-refractivity contribution in [2.75, 3.05) is 7.11 Å². The monoisotopic (exact) mass is 287 g/mol. The summed E-state index contributed by atoms with van der Waals surface area (Å²) in [6, 6.07) is 0.210. The van der Waals surface area contributed by atoms with Crippen LogP contribution >= 0.6 is 0 Å². The third kappa shape index (κ3) is 2.02. The maximum atomic E-state index is 12.6. The molecule has 0 saturated carbocycles. The number of fused-ring (bicyclic) bond motifs is 3. The fourth-order valence-electron chi connectivity index (χ4n) is 2.94. The molecule has 0 aromatic carbocycles. The lowest BCUT2D eigenvalue weighted by Gasteiger charge is -2.30. The highest BCUT2D eigenvalue weighted by Crippen LogP contribution is 2.36.